The number of halogens is 1. The number of carbonyl (C=O) groups excluding carboxylic acids is 1. The Bertz CT molecular complexity index is 340. The summed E-state index contributed by atoms with van der Waals surface area (Å²) in [5.74, 6) is -3.32. The molecule has 0 aliphatic rings. The summed E-state index contributed by atoms with van der Waals surface area (Å²) in [5.41, 5.74) is 0. The molecule has 1 N–H and O–H groups in total. The average Bonchev–Trinajstić information content (AvgIpc) is 2.29. The molecule has 0 spiro atoms. The van der Waals surface area contributed by atoms with Crippen molar-refractivity contribution in [3.63, 3.8) is 0 Å². The second-order valence-corrected chi connectivity index (χ2v) is 4.31. The molecule has 0 aromatic carbocycles. The van der Waals surface area contributed by atoms with Gasteiger partial charge < -0.3 is 20.1 Å². The molecule has 0 aromatic rings. The quantitative estimate of drug-likeness (QED) is 0.186. The van der Waals surface area contributed by atoms with Gasteiger partial charge in [-0.15, -0.1) is 0 Å². The molecule has 0 aromatic heterocycles. The van der Waals surface area contributed by atoms with Crippen molar-refractivity contribution in [2.24, 2.45) is 4.99 Å². The molecule has 0 saturated carbocycles. The Balaban J connectivity index is -0.00000162. The molecule has 6 nitrogen and oxygen atoms in total. The van der Waals surface area contributed by atoms with Gasteiger partial charge in [-0.2, -0.15) is 0 Å². The third-order valence-electron chi connectivity index (χ3n) is 2.45. The van der Waals surface area contributed by atoms with Gasteiger partial charge in [0.2, 0.25) is 0 Å². The molecule has 0 amide bonds. The number of carboxylic acid groups (broad SMARTS) is 2. The first-order valence-electron chi connectivity index (χ1n) is 6.13. The number of nitrogens with zero attached hydrogens (tertiary/aromatic N) is 1. The maximum absolute atomic E-state index is 12.5. The number of hydrogen-bond acceptors (Lipinski definition) is 5. The molecule has 21 heavy (non-hydrogen) atoms. The predicted octanol–water partition coefficient (Wildman–Crippen LogP) is -6.35. The molecule has 0 aliphatic heterocycles. The van der Waals surface area contributed by atoms with E-state index in [9.17, 15) is 24.2 Å². The molecule has 0 heterocycles. The smallest absolute Gasteiger partial charge is 0.862 e. The van der Waals surface area contributed by atoms with Crippen molar-refractivity contribution in [2.75, 3.05) is 0 Å². The molecule has 110 valence electrons. The van der Waals surface area contributed by atoms with Crippen LogP contribution in [0.2, 0.25) is 0 Å². The van der Waals surface area contributed by atoms with Crippen molar-refractivity contribution in [3.05, 3.63) is 0 Å². The van der Waals surface area contributed by atoms with Crippen LogP contribution in [0, 0.1) is 0 Å². The first kappa shape index (κ1) is 26.2. The number of unbranched alkanes of at least 4 members (excludes halogenated alkanes) is 1. The molecule has 0 rings (SSSR count). The maximum Gasteiger partial charge on any atom is 1.00 e. The summed E-state index contributed by atoms with van der Waals surface area (Å²) >= 11 is 0. The van der Waals surface area contributed by atoms with E-state index >= 15 is 0 Å². The Kier molecular flexibility index (Phi) is 19.1. The Hall–Kier alpha value is 0.340. The molecule has 0 fully saturated rings. The van der Waals surface area contributed by atoms with E-state index in [0.717, 1.165) is 0 Å². The zero-order valence-electron chi connectivity index (χ0n) is 12.8. The van der Waals surface area contributed by atoms with E-state index in [4.69, 9.17) is 5.11 Å². The molecule has 0 bridgehead atoms. The van der Waals surface area contributed by atoms with Gasteiger partial charge in [-0.25, -0.2) is 9.18 Å². The van der Waals surface area contributed by atoms with Crippen LogP contribution in [0.3, 0.4) is 0 Å². The summed E-state index contributed by atoms with van der Waals surface area (Å²) < 4.78 is 12.5. The maximum atomic E-state index is 12.5. The van der Waals surface area contributed by atoms with Crippen LogP contribution < -0.4 is 69.3 Å². The van der Waals surface area contributed by atoms with E-state index < -0.39 is 36.5 Å². The van der Waals surface area contributed by atoms with Gasteiger partial charge in [-0.05, 0) is 44.9 Å². The second kappa shape index (κ2) is 15.2. The summed E-state index contributed by atoms with van der Waals surface area (Å²) in [5, 5.41) is 30.4. The summed E-state index contributed by atoms with van der Waals surface area (Å²) in [6, 6.07) is -1.36. The monoisotopic (exact) mass is 321 g/mol. The molecular weight excluding hydrogens is 303 g/mol. The van der Waals surface area contributed by atoms with Crippen LogP contribution in [-0.2, 0) is 9.59 Å². The summed E-state index contributed by atoms with van der Waals surface area (Å²) in [6.07, 6.45) is -0.318. The van der Waals surface area contributed by atoms with Crippen molar-refractivity contribution in [3.8, 4) is 0 Å². The summed E-state index contributed by atoms with van der Waals surface area (Å²) in [4.78, 5) is 24.4. The van der Waals surface area contributed by atoms with Crippen molar-refractivity contribution >= 4 is 17.8 Å². The predicted molar refractivity (Wildman–Crippen MR) is 62.1 cm³/mol. The van der Waals surface area contributed by atoms with Crippen LogP contribution in [0.15, 0.2) is 4.99 Å². The van der Waals surface area contributed by atoms with Crippen LogP contribution in [0.1, 0.15) is 45.4 Å². The zero-order chi connectivity index (χ0) is 14.8. The topological polar surface area (TPSA) is 113 Å². The second-order valence-electron chi connectivity index (χ2n) is 4.31. The molecular formula is C12H18FNNa2O5. The Labute approximate surface area is 167 Å². The van der Waals surface area contributed by atoms with E-state index in [0.29, 0.717) is 19.3 Å². The van der Waals surface area contributed by atoms with Gasteiger partial charge >= 0.3 is 65.1 Å². The summed E-state index contributed by atoms with van der Waals surface area (Å²) in [7, 11) is 0. The first-order chi connectivity index (χ1) is 8.82. The van der Waals surface area contributed by atoms with Crippen molar-refractivity contribution < 1.29 is 88.4 Å². The fraction of sp³-hybridized carbons (Fsp3) is 0.750. The Morgan fingerprint density at radius 1 is 1.14 bits per heavy atom. The van der Waals surface area contributed by atoms with Gasteiger partial charge in [0.25, 0.3) is 0 Å². The van der Waals surface area contributed by atoms with Crippen LogP contribution in [0.5, 0.6) is 0 Å². The zero-order valence-corrected chi connectivity index (χ0v) is 16.8. The summed E-state index contributed by atoms with van der Waals surface area (Å²) in [6.45, 7) is 1.42. The third kappa shape index (κ3) is 16.5. The van der Waals surface area contributed by atoms with Gasteiger partial charge in [0.1, 0.15) is 6.04 Å². The fourth-order valence-corrected chi connectivity index (χ4v) is 1.44. The largest absolute Gasteiger partial charge is 1.00 e. The van der Waals surface area contributed by atoms with E-state index in [2.05, 4.69) is 4.99 Å². The number of carboxylic acids is 2. The van der Waals surface area contributed by atoms with E-state index in [1.165, 1.54) is 6.92 Å². The first-order valence-corrected chi connectivity index (χ1v) is 6.13. The molecule has 0 radical (unpaired) electrons. The number of hydrogen-bond donors (Lipinski definition) is 1. The normalized spacial score (nSPS) is 13.5. The molecule has 1 unspecified atom stereocenters. The number of aliphatic imine (C=N–C) groups is 1. The van der Waals surface area contributed by atoms with E-state index in [1.54, 1.807) is 0 Å². The van der Waals surface area contributed by atoms with E-state index in [-0.39, 0.29) is 72.0 Å². The van der Waals surface area contributed by atoms with Gasteiger partial charge in [-0.1, -0.05) is 6.42 Å². The minimum Gasteiger partial charge on any atom is -0.862 e. The van der Waals surface area contributed by atoms with Gasteiger partial charge in [0.15, 0.2) is 0 Å². The van der Waals surface area contributed by atoms with Crippen LogP contribution in [0.4, 0.5) is 4.39 Å². The average molecular weight is 321 g/mol. The van der Waals surface area contributed by atoms with E-state index in [1.807, 2.05) is 0 Å². The number of carbonyl (C=O) groups is 2. The number of rotatable bonds is 10. The standard InChI is InChI=1S/C12H20FNO5.2Na/c1-8(13)4-2-3-5-10(15)14-9(12(18)19)6-7-11(16)17;;/h8-9H,2-7H2,1H3,(H,14,15)(H,16,17)(H,18,19);;/q;2*+1/p-2/t8?,9-;;/m0../s1. The third-order valence-corrected chi connectivity index (χ3v) is 2.45. The Morgan fingerprint density at radius 3 is 2.14 bits per heavy atom. The molecule has 2 atom stereocenters. The van der Waals surface area contributed by atoms with Crippen molar-refractivity contribution in [1.29, 1.82) is 0 Å². The number of aliphatic carboxylic acids is 2. The van der Waals surface area contributed by atoms with Crippen LogP contribution in [-0.4, -0.2) is 35.2 Å². The van der Waals surface area contributed by atoms with Crippen molar-refractivity contribution in [2.45, 2.75) is 57.7 Å². The molecule has 9 heteroatoms. The SMILES string of the molecule is CC(F)CCCCC([O-])=N[C@@H](CCC(=O)[O-])C(=O)O.[Na+].[Na+]. The van der Waals surface area contributed by atoms with Gasteiger partial charge in [0.05, 0.1) is 6.17 Å². The Morgan fingerprint density at radius 2 is 1.71 bits per heavy atom. The molecule has 0 saturated heterocycles. The molecule has 0 aliphatic carbocycles. The minimum atomic E-state index is -1.38. The van der Waals surface area contributed by atoms with Crippen molar-refractivity contribution in [1.82, 2.24) is 0 Å². The van der Waals surface area contributed by atoms with Gasteiger partial charge in [0, 0.05) is 5.97 Å². The minimum absolute atomic E-state index is 0. The number of alkyl halides is 1. The van der Waals surface area contributed by atoms with Crippen LogP contribution in [0.25, 0.3) is 0 Å². The van der Waals surface area contributed by atoms with Gasteiger partial charge in [-0.3, -0.25) is 4.99 Å². The fourth-order valence-electron chi connectivity index (χ4n) is 1.44. The van der Waals surface area contributed by atoms with Crippen LogP contribution >= 0.6 is 0 Å².